The summed E-state index contributed by atoms with van der Waals surface area (Å²) in [7, 11) is -1.06. The van der Waals surface area contributed by atoms with E-state index in [4.69, 9.17) is 9.47 Å². The van der Waals surface area contributed by atoms with Gasteiger partial charge in [-0.25, -0.2) is 4.79 Å². The van der Waals surface area contributed by atoms with Gasteiger partial charge in [-0.2, -0.15) is 0 Å². The molecule has 80 valence electrons. The zero-order chi connectivity index (χ0) is 10.8. The fourth-order valence-corrected chi connectivity index (χ4v) is 2.12. The van der Waals surface area contributed by atoms with Crippen molar-refractivity contribution in [2.45, 2.75) is 30.7 Å². The fourth-order valence-electron chi connectivity index (χ4n) is 0.958. The van der Waals surface area contributed by atoms with Gasteiger partial charge in [0.25, 0.3) is 0 Å². The zero-order valence-electron chi connectivity index (χ0n) is 8.67. The number of carbonyl (C=O) groups excluding carboxylic acids is 1. The smallest absolute Gasteiger partial charge is 0.335 e. The minimum atomic E-state index is -1.06. The van der Waals surface area contributed by atoms with Crippen molar-refractivity contribution in [2.75, 3.05) is 6.61 Å². The van der Waals surface area contributed by atoms with Gasteiger partial charge in [0, 0.05) is 8.07 Å². The van der Waals surface area contributed by atoms with E-state index in [2.05, 4.69) is 35.6 Å². The third kappa shape index (κ3) is 3.83. The van der Waals surface area contributed by atoms with Gasteiger partial charge in [-0.3, -0.25) is 0 Å². The molecule has 1 aliphatic heterocycles. The van der Waals surface area contributed by atoms with Gasteiger partial charge in [0.05, 0.1) is 12.7 Å². The van der Waals surface area contributed by atoms with Crippen LogP contribution in [0.2, 0.25) is 25.7 Å². The molecular formula is C9H15BrO3Si. The average molecular weight is 279 g/mol. The minimum Gasteiger partial charge on any atom is -0.493 e. The highest BCUT2D eigenvalue weighted by molar-refractivity contribution is 9.09. The quantitative estimate of drug-likeness (QED) is 0.450. The predicted octanol–water partition coefficient (Wildman–Crippen LogP) is 2.50. The molecule has 0 aromatic rings. The van der Waals surface area contributed by atoms with E-state index in [1.807, 2.05) is 0 Å². The first kappa shape index (κ1) is 11.8. The van der Waals surface area contributed by atoms with Gasteiger partial charge < -0.3 is 9.47 Å². The Hall–Kier alpha value is -0.293. The van der Waals surface area contributed by atoms with E-state index >= 15 is 0 Å². The second-order valence-electron chi connectivity index (χ2n) is 4.46. The lowest BCUT2D eigenvalue weighted by Gasteiger charge is -2.16. The van der Waals surface area contributed by atoms with Crippen molar-refractivity contribution in [3.8, 4) is 0 Å². The van der Waals surface area contributed by atoms with Crippen LogP contribution < -0.4 is 0 Å². The van der Waals surface area contributed by atoms with Crippen molar-refractivity contribution in [2.24, 2.45) is 0 Å². The summed E-state index contributed by atoms with van der Waals surface area (Å²) >= 11 is 3.20. The van der Waals surface area contributed by atoms with E-state index < -0.39 is 13.1 Å². The number of carbonyl (C=O) groups is 1. The first-order chi connectivity index (χ1) is 6.38. The van der Waals surface area contributed by atoms with Crippen LogP contribution in [0.3, 0.4) is 0 Å². The molecule has 1 rings (SSSR count). The molecule has 1 heterocycles. The minimum absolute atomic E-state index is 0.338. The number of halogens is 1. The Labute approximate surface area is 93.6 Å². The Kier molecular flexibility index (Phi) is 3.77. The van der Waals surface area contributed by atoms with Gasteiger partial charge in [0.2, 0.25) is 5.01 Å². The molecule has 0 aliphatic carbocycles. The molecule has 0 bridgehead atoms. The van der Waals surface area contributed by atoms with Gasteiger partial charge in [-0.15, -0.1) is 0 Å². The van der Waals surface area contributed by atoms with Crippen molar-refractivity contribution in [3.05, 3.63) is 11.8 Å². The average Bonchev–Trinajstić information content (AvgIpc) is 2.27. The summed E-state index contributed by atoms with van der Waals surface area (Å²) in [5.41, 5.74) is 0. The van der Waals surface area contributed by atoms with Gasteiger partial charge in [0.15, 0.2) is 5.76 Å². The Morgan fingerprint density at radius 2 is 2.21 bits per heavy atom. The molecule has 0 saturated heterocycles. The number of cyclic esters (lactones) is 1. The molecule has 0 aromatic carbocycles. The van der Waals surface area contributed by atoms with Crippen LogP contribution in [-0.4, -0.2) is 25.7 Å². The zero-order valence-corrected chi connectivity index (χ0v) is 11.3. The Bertz CT molecular complexity index is 257. The SMILES string of the molecule is C[Si](C)(C)CCOC1=CC(=O)OC1Br. The van der Waals surface area contributed by atoms with Crippen LogP contribution in [0.1, 0.15) is 0 Å². The van der Waals surface area contributed by atoms with Gasteiger partial charge in [0.1, 0.15) is 0 Å². The predicted molar refractivity (Wildman–Crippen MR) is 61.0 cm³/mol. The lowest BCUT2D eigenvalue weighted by atomic mass is 10.5. The summed E-state index contributed by atoms with van der Waals surface area (Å²) in [6.45, 7) is 7.52. The van der Waals surface area contributed by atoms with E-state index in [1.54, 1.807) is 0 Å². The molecule has 0 N–H and O–H groups in total. The third-order valence-electron chi connectivity index (χ3n) is 1.82. The second kappa shape index (κ2) is 4.48. The largest absolute Gasteiger partial charge is 0.493 e. The van der Waals surface area contributed by atoms with E-state index in [1.165, 1.54) is 6.08 Å². The van der Waals surface area contributed by atoms with Crippen molar-refractivity contribution in [1.82, 2.24) is 0 Å². The van der Waals surface area contributed by atoms with E-state index in [-0.39, 0.29) is 5.97 Å². The number of rotatable bonds is 4. The highest BCUT2D eigenvalue weighted by Gasteiger charge is 2.25. The van der Waals surface area contributed by atoms with Crippen LogP contribution in [0.4, 0.5) is 0 Å². The maximum absolute atomic E-state index is 10.8. The Balaban J connectivity index is 2.32. The van der Waals surface area contributed by atoms with Crippen LogP contribution in [0, 0.1) is 0 Å². The van der Waals surface area contributed by atoms with E-state index in [0.717, 1.165) is 6.04 Å². The first-order valence-corrected chi connectivity index (χ1v) is 9.20. The van der Waals surface area contributed by atoms with Crippen LogP contribution in [0.5, 0.6) is 0 Å². The molecule has 3 nitrogen and oxygen atoms in total. The molecule has 0 aromatic heterocycles. The molecule has 0 spiro atoms. The number of esters is 1. The lowest BCUT2D eigenvalue weighted by Crippen LogP contribution is -2.22. The third-order valence-corrected chi connectivity index (χ3v) is 4.17. The number of alkyl halides is 1. The summed E-state index contributed by atoms with van der Waals surface area (Å²) in [6, 6.07) is 1.08. The fraction of sp³-hybridized carbons (Fsp3) is 0.667. The van der Waals surface area contributed by atoms with Gasteiger partial charge >= 0.3 is 5.97 Å². The highest BCUT2D eigenvalue weighted by atomic mass is 79.9. The molecular weight excluding hydrogens is 264 g/mol. The molecule has 5 heteroatoms. The summed E-state index contributed by atoms with van der Waals surface area (Å²) in [4.78, 5) is 10.8. The lowest BCUT2D eigenvalue weighted by molar-refractivity contribution is -0.136. The summed E-state index contributed by atoms with van der Waals surface area (Å²) in [5.74, 6) is 0.253. The molecule has 0 amide bonds. The molecule has 1 atom stereocenters. The summed E-state index contributed by atoms with van der Waals surface area (Å²) in [6.07, 6.45) is 1.39. The molecule has 0 radical (unpaired) electrons. The van der Waals surface area contributed by atoms with Crippen LogP contribution in [0.25, 0.3) is 0 Å². The topological polar surface area (TPSA) is 35.5 Å². The Morgan fingerprint density at radius 1 is 1.57 bits per heavy atom. The number of hydrogen-bond donors (Lipinski definition) is 0. The standard InChI is InChI=1S/C9H15BrO3Si/c1-14(2,3)5-4-12-7-6-8(11)13-9(7)10/h6,9H,4-5H2,1-3H3. The van der Waals surface area contributed by atoms with Crippen LogP contribution >= 0.6 is 15.9 Å². The summed E-state index contributed by atoms with van der Waals surface area (Å²) in [5, 5.41) is -0.392. The highest BCUT2D eigenvalue weighted by Crippen LogP contribution is 2.22. The summed E-state index contributed by atoms with van der Waals surface area (Å²) < 4.78 is 10.3. The molecule has 14 heavy (non-hydrogen) atoms. The van der Waals surface area contributed by atoms with Crippen LogP contribution in [-0.2, 0) is 14.3 Å². The Morgan fingerprint density at radius 3 is 2.64 bits per heavy atom. The second-order valence-corrected chi connectivity index (χ2v) is 10.9. The number of ether oxygens (including phenoxy) is 2. The molecule has 0 saturated carbocycles. The molecule has 0 fully saturated rings. The molecule has 1 aliphatic rings. The van der Waals surface area contributed by atoms with Gasteiger partial charge in [-0.1, -0.05) is 19.6 Å². The van der Waals surface area contributed by atoms with Gasteiger partial charge in [-0.05, 0) is 22.0 Å². The monoisotopic (exact) mass is 278 g/mol. The maximum atomic E-state index is 10.8. The number of hydrogen-bond acceptors (Lipinski definition) is 3. The van der Waals surface area contributed by atoms with Crippen molar-refractivity contribution < 1.29 is 14.3 Å². The first-order valence-electron chi connectivity index (χ1n) is 4.57. The maximum Gasteiger partial charge on any atom is 0.335 e. The normalized spacial score (nSPS) is 21.9. The van der Waals surface area contributed by atoms with Crippen molar-refractivity contribution in [1.29, 1.82) is 0 Å². The van der Waals surface area contributed by atoms with Crippen LogP contribution in [0.15, 0.2) is 11.8 Å². The van der Waals surface area contributed by atoms with Crippen molar-refractivity contribution in [3.63, 3.8) is 0 Å². The van der Waals surface area contributed by atoms with E-state index in [9.17, 15) is 4.79 Å². The molecule has 1 unspecified atom stereocenters. The van der Waals surface area contributed by atoms with Crippen molar-refractivity contribution >= 4 is 30.0 Å². The van der Waals surface area contributed by atoms with E-state index in [0.29, 0.717) is 12.4 Å².